The standard InChI is InChI=1S/C9H12.C4H5N/c1-7-4-8(2)6-9(3)5-7;1-2-4-5-3-1/h4-6H,1-3H3;1-5H. The summed E-state index contributed by atoms with van der Waals surface area (Å²) in [5.41, 5.74) is 4.06. The highest BCUT2D eigenvalue weighted by atomic mass is 14.6. The van der Waals surface area contributed by atoms with Crippen LogP contribution in [0.1, 0.15) is 16.7 Å². The van der Waals surface area contributed by atoms with Crippen LogP contribution in [0.4, 0.5) is 0 Å². The van der Waals surface area contributed by atoms with Crippen molar-refractivity contribution in [1.29, 1.82) is 0 Å². The molecule has 1 N–H and O–H groups in total. The lowest BCUT2D eigenvalue weighted by atomic mass is 10.1. The van der Waals surface area contributed by atoms with Crippen molar-refractivity contribution in [2.24, 2.45) is 0 Å². The number of rotatable bonds is 0. The van der Waals surface area contributed by atoms with Crippen molar-refractivity contribution in [1.82, 2.24) is 4.98 Å². The van der Waals surface area contributed by atoms with Gasteiger partial charge in [-0.1, -0.05) is 34.9 Å². The monoisotopic (exact) mass is 187 g/mol. The summed E-state index contributed by atoms with van der Waals surface area (Å²) in [6, 6.07) is 10.5. The van der Waals surface area contributed by atoms with Crippen LogP contribution in [0.15, 0.2) is 42.7 Å². The van der Waals surface area contributed by atoms with Gasteiger partial charge in [0.1, 0.15) is 0 Å². The van der Waals surface area contributed by atoms with Crippen LogP contribution in [0.3, 0.4) is 0 Å². The maximum absolute atomic E-state index is 2.86. The molecule has 0 bridgehead atoms. The molecular formula is C13H17N. The van der Waals surface area contributed by atoms with Gasteiger partial charge in [0.25, 0.3) is 0 Å². The van der Waals surface area contributed by atoms with Gasteiger partial charge in [0.2, 0.25) is 0 Å². The summed E-state index contributed by atoms with van der Waals surface area (Å²) < 4.78 is 0. The number of aromatic nitrogens is 1. The molecule has 0 radical (unpaired) electrons. The Labute approximate surface area is 85.8 Å². The number of nitrogens with one attached hydrogen (secondary N) is 1. The highest BCUT2D eigenvalue weighted by Gasteiger charge is 1.87. The van der Waals surface area contributed by atoms with Gasteiger partial charge in [-0.15, -0.1) is 0 Å². The third-order valence-corrected chi connectivity index (χ3v) is 1.86. The van der Waals surface area contributed by atoms with Crippen molar-refractivity contribution in [3.63, 3.8) is 0 Å². The minimum atomic E-state index is 1.35. The number of H-pyrrole nitrogens is 1. The van der Waals surface area contributed by atoms with E-state index in [0.717, 1.165) is 0 Å². The quantitative estimate of drug-likeness (QED) is 0.648. The van der Waals surface area contributed by atoms with E-state index < -0.39 is 0 Å². The zero-order valence-corrected chi connectivity index (χ0v) is 9.04. The van der Waals surface area contributed by atoms with E-state index in [2.05, 4.69) is 44.0 Å². The summed E-state index contributed by atoms with van der Waals surface area (Å²) in [4.78, 5) is 2.86. The Balaban J connectivity index is 0.000000165. The predicted octanol–water partition coefficient (Wildman–Crippen LogP) is 3.63. The molecule has 0 saturated heterocycles. The summed E-state index contributed by atoms with van der Waals surface area (Å²) in [7, 11) is 0. The molecule has 0 spiro atoms. The second-order valence-corrected chi connectivity index (χ2v) is 3.55. The molecule has 1 nitrogen and oxygen atoms in total. The summed E-state index contributed by atoms with van der Waals surface area (Å²) >= 11 is 0. The SMILES string of the molecule is Cc1cc(C)cc(C)c1.c1cc[nH]c1. The van der Waals surface area contributed by atoms with Gasteiger partial charge in [0.15, 0.2) is 0 Å². The van der Waals surface area contributed by atoms with Crippen molar-refractivity contribution in [3.05, 3.63) is 59.4 Å². The van der Waals surface area contributed by atoms with Crippen LogP contribution in [0, 0.1) is 20.8 Å². The highest BCUT2D eigenvalue weighted by Crippen LogP contribution is 2.06. The Morgan fingerprint density at radius 3 is 1.29 bits per heavy atom. The number of aromatic amines is 1. The lowest BCUT2D eigenvalue weighted by Crippen LogP contribution is -1.78. The Morgan fingerprint density at radius 1 is 0.714 bits per heavy atom. The average molecular weight is 187 g/mol. The van der Waals surface area contributed by atoms with E-state index in [9.17, 15) is 0 Å². The molecule has 0 unspecified atom stereocenters. The van der Waals surface area contributed by atoms with E-state index in [1.165, 1.54) is 16.7 Å². The minimum Gasteiger partial charge on any atom is -0.368 e. The molecule has 0 saturated carbocycles. The van der Waals surface area contributed by atoms with Crippen LogP contribution < -0.4 is 0 Å². The zero-order chi connectivity index (χ0) is 10.4. The third-order valence-electron chi connectivity index (χ3n) is 1.86. The van der Waals surface area contributed by atoms with Crippen LogP contribution >= 0.6 is 0 Å². The van der Waals surface area contributed by atoms with Gasteiger partial charge in [0.05, 0.1) is 0 Å². The van der Waals surface area contributed by atoms with Gasteiger partial charge in [-0.3, -0.25) is 0 Å². The largest absolute Gasteiger partial charge is 0.368 e. The molecule has 2 rings (SSSR count). The van der Waals surface area contributed by atoms with Gasteiger partial charge in [-0.2, -0.15) is 0 Å². The molecular weight excluding hydrogens is 170 g/mol. The van der Waals surface area contributed by atoms with Crippen molar-refractivity contribution < 1.29 is 0 Å². The Bertz CT molecular complexity index is 293. The maximum Gasteiger partial charge on any atom is 0.000496 e. The fourth-order valence-corrected chi connectivity index (χ4v) is 1.48. The maximum atomic E-state index is 2.86. The first-order chi connectivity index (χ1) is 6.68. The first kappa shape index (κ1) is 10.6. The van der Waals surface area contributed by atoms with Gasteiger partial charge in [-0.05, 0) is 32.9 Å². The van der Waals surface area contributed by atoms with Crippen molar-refractivity contribution in [2.45, 2.75) is 20.8 Å². The molecule has 2 aromatic rings. The summed E-state index contributed by atoms with van der Waals surface area (Å²) in [5, 5.41) is 0. The van der Waals surface area contributed by atoms with Crippen LogP contribution in [0.5, 0.6) is 0 Å². The normalized spacial score (nSPS) is 9.07. The van der Waals surface area contributed by atoms with Gasteiger partial charge in [0, 0.05) is 12.4 Å². The number of hydrogen-bond donors (Lipinski definition) is 1. The second-order valence-electron chi connectivity index (χ2n) is 3.55. The molecule has 0 aliphatic rings. The average Bonchev–Trinajstić information content (AvgIpc) is 2.56. The molecule has 0 fully saturated rings. The zero-order valence-electron chi connectivity index (χ0n) is 9.04. The van der Waals surface area contributed by atoms with Crippen LogP contribution in [-0.2, 0) is 0 Å². The molecule has 0 atom stereocenters. The molecule has 0 aliphatic carbocycles. The van der Waals surface area contributed by atoms with Crippen LogP contribution in [0.25, 0.3) is 0 Å². The lowest BCUT2D eigenvalue weighted by Gasteiger charge is -1.96. The number of benzene rings is 1. The Morgan fingerprint density at radius 2 is 1.07 bits per heavy atom. The summed E-state index contributed by atoms with van der Waals surface area (Å²) in [5.74, 6) is 0. The number of aryl methyl sites for hydroxylation is 3. The molecule has 1 heterocycles. The molecule has 1 aromatic carbocycles. The molecule has 0 aliphatic heterocycles. The smallest absolute Gasteiger partial charge is 0.000496 e. The van der Waals surface area contributed by atoms with Gasteiger partial charge >= 0.3 is 0 Å². The predicted molar refractivity (Wildman–Crippen MR) is 61.4 cm³/mol. The first-order valence-electron chi connectivity index (χ1n) is 4.81. The molecule has 14 heavy (non-hydrogen) atoms. The molecule has 0 amide bonds. The van der Waals surface area contributed by atoms with E-state index >= 15 is 0 Å². The Kier molecular flexibility index (Phi) is 3.99. The molecule has 74 valence electrons. The highest BCUT2D eigenvalue weighted by molar-refractivity contribution is 5.27. The summed E-state index contributed by atoms with van der Waals surface area (Å²) in [6.07, 6.45) is 3.75. The third kappa shape index (κ3) is 3.94. The molecule has 1 aromatic heterocycles. The first-order valence-corrected chi connectivity index (χ1v) is 4.81. The molecule has 1 heteroatoms. The lowest BCUT2D eigenvalue weighted by molar-refractivity contribution is 1.32. The van der Waals surface area contributed by atoms with E-state index in [1.807, 2.05) is 24.5 Å². The van der Waals surface area contributed by atoms with E-state index in [0.29, 0.717) is 0 Å². The van der Waals surface area contributed by atoms with Crippen LogP contribution in [0.2, 0.25) is 0 Å². The van der Waals surface area contributed by atoms with E-state index in [-0.39, 0.29) is 0 Å². The van der Waals surface area contributed by atoms with Crippen molar-refractivity contribution >= 4 is 0 Å². The van der Waals surface area contributed by atoms with Crippen molar-refractivity contribution in [3.8, 4) is 0 Å². The van der Waals surface area contributed by atoms with E-state index in [4.69, 9.17) is 0 Å². The fourth-order valence-electron chi connectivity index (χ4n) is 1.48. The fraction of sp³-hybridized carbons (Fsp3) is 0.231. The number of hydrogen-bond acceptors (Lipinski definition) is 0. The minimum absolute atomic E-state index is 1.35. The van der Waals surface area contributed by atoms with Gasteiger partial charge < -0.3 is 4.98 Å². The topological polar surface area (TPSA) is 15.8 Å². The Hall–Kier alpha value is -1.50. The van der Waals surface area contributed by atoms with Crippen LogP contribution in [-0.4, -0.2) is 4.98 Å². The van der Waals surface area contributed by atoms with E-state index in [1.54, 1.807) is 0 Å². The van der Waals surface area contributed by atoms with Gasteiger partial charge in [-0.25, -0.2) is 0 Å². The second kappa shape index (κ2) is 5.28. The summed E-state index contributed by atoms with van der Waals surface area (Å²) in [6.45, 7) is 6.38. The van der Waals surface area contributed by atoms with Crippen molar-refractivity contribution in [2.75, 3.05) is 0 Å².